The normalized spacial score (nSPS) is 10.4. The molecule has 0 saturated heterocycles. The molecule has 1 rings (SSSR count). The molecule has 3 nitrogen and oxygen atoms in total. The van der Waals surface area contributed by atoms with Crippen LogP contribution in [-0.2, 0) is 4.79 Å². The van der Waals surface area contributed by atoms with Crippen LogP contribution in [-0.4, -0.2) is 12.6 Å². The number of hydrogen-bond acceptors (Lipinski definition) is 3. The Hall–Kier alpha value is -1.77. The van der Waals surface area contributed by atoms with Crippen LogP contribution in [0.2, 0.25) is 0 Å². The van der Waals surface area contributed by atoms with Crippen LogP contribution in [0.25, 0.3) is 0 Å². The molecule has 0 unspecified atom stereocenters. The Labute approximate surface area is 95.7 Å². The number of carbonyl (C=O) groups excluding carboxylic acids is 1. The number of hydrogen-bond donors (Lipinski definition) is 0. The van der Waals surface area contributed by atoms with E-state index < -0.39 is 0 Å². The van der Waals surface area contributed by atoms with E-state index in [9.17, 15) is 4.79 Å². The number of benzene rings is 1. The molecule has 0 spiro atoms. The molecular formula is C13H16O3. The second-order valence-electron chi connectivity index (χ2n) is 3.24. The summed E-state index contributed by atoms with van der Waals surface area (Å²) < 4.78 is 10.4. The molecule has 0 atom stereocenters. The maximum Gasteiger partial charge on any atom is 0.335 e. The van der Waals surface area contributed by atoms with E-state index in [1.54, 1.807) is 37.3 Å². The number of ether oxygens (including phenoxy) is 2. The predicted octanol–water partition coefficient (Wildman–Crippen LogP) is 2.96. The van der Waals surface area contributed by atoms with E-state index in [1.165, 1.54) is 6.08 Å². The van der Waals surface area contributed by atoms with Gasteiger partial charge in [-0.3, -0.25) is 0 Å². The Morgan fingerprint density at radius 1 is 1.25 bits per heavy atom. The first-order valence-corrected chi connectivity index (χ1v) is 5.33. The highest BCUT2D eigenvalue weighted by molar-refractivity contribution is 5.83. The van der Waals surface area contributed by atoms with Gasteiger partial charge in [-0.25, -0.2) is 4.79 Å². The van der Waals surface area contributed by atoms with Crippen LogP contribution in [0, 0.1) is 0 Å². The van der Waals surface area contributed by atoms with E-state index in [2.05, 4.69) is 0 Å². The molecule has 0 radical (unpaired) electrons. The third kappa shape index (κ3) is 4.17. The Morgan fingerprint density at radius 3 is 2.44 bits per heavy atom. The Bertz CT molecular complexity index is 352. The standard InChI is InChI=1S/C13H16O3/c1-3-5-13(14)16-12-8-6-11(7-9-12)15-10-4-2/h3,5-9H,4,10H2,1-2H3/b5-3-. The Morgan fingerprint density at radius 2 is 1.88 bits per heavy atom. The molecule has 0 saturated carbocycles. The summed E-state index contributed by atoms with van der Waals surface area (Å²) >= 11 is 0. The van der Waals surface area contributed by atoms with Crippen LogP contribution in [0.3, 0.4) is 0 Å². The molecule has 0 aliphatic heterocycles. The maximum atomic E-state index is 11.1. The summed E-state index contributed by atoms with van der Waals surface area (Å²) in [6.07, 6.45) is 3.99. The van der Waals surface area contributed by atoms with Crippen molar-refractivity contribution in [3.8, 4) is 11.5 Å². The van der Waals surface area contributed by atoms with Crippen LogP contribution in [0.4, 0.5) is 0 Å². The van der Waals surface area contributed by atoms with Gasteiger partial charge in [0.2, 0.25) is 0 Å². The van der Waals surface area contributed by atoms with E-state index >= 15 is 0 Å². The van der Waals surface area contributed by atoms with Gasteiger partial charge in [0, 0.05) is 6.08 Å². The number of allylic oxidation sites excluding steroid dienone is 1. The topological polar surface area (TPSA) is 35.5 Å². The molecule has 1 aromatic carbocycles. The number of rotatable bonds is 5. The smallest absolute Gasteiger partial charge is 0.335 e. The first-order valence-electron chi connectivity index (χ1n) is 5.33. The van der Waals surface area contributed by atoms with Gasteiger partial charge in [0.25, 0.3) is 0 Å². The van der Waals surface area contributed by atoms with Crippen molar-refractivity contribution in [2.75, 3.05) is 6.61 Å². The Kier molecular flexibility index (Phi) is 5.12. The molecule has 3 heteroatoms. The molecule has 0 aromatic heterocycles. The van der Waals surface area contributed by atoms with Gasteiger partial charge in [-0.15, -0.1) is 0 Å². The molecule has 0 amide bonds. The molecule has 0 N–H and O–H groups in total. The van der Waals surface area contributed by atoms with Gasteiger partial charge in [0.05, 0.1) is 6.61 Å². The van der Waals surface area contributed by atoms with E-state index in [0.717, 1.165) is 12.2 Å². The van der Waals surface area contributed by atoms with Gasteiger partial charge in [-0.2, -0.15) is 0 Å². The van der Waals surface area contributed by atoms with Gasteiger partial charge in [0.15, 0.2) is 0 Å². The van der Waals surface area contributed by atoms with E-state index in [1.807, 2.05) is 6.92 Å². The summed E-state index contributed by atoms with van der Waals surface area (Å²) in [5, 5.41) is 0. The lowest BCUT2D eigenvalue weighted by molar-refractivity contribution is -0.129. The van der Waals surface area contributed by atoms with Gasteiger partial charge >= 0.3 is 5.97 Å². The molecule has 0 bridgehead atoms. The zero-order chi connectivity index (χ0) is 11.8. The first kappa shape index (κ1) is 12.3. The summed E-state index contributed by atoms with van der Waals surface area (Å²) in [7, 11) is 0. The van der Waals surface area contributed by atoms with Crippen molar-refractivity contribution in [2.24, 2.45) is 0 Å². The predicted molar refractivity (Wildman–Crippen MR) is 62.7 cm³/mol. The second-order valence-corrected chi connectivity index (χ2v) is 3.24. The van der Waals surface area contributed by atoms with Crippen molar-refractivity contribution in [3.63, 3.8) is 0 Å². The minimum absolute atomic E-state index is 0.371. The summed E-state index contributed by atoms with van der Waals surface area (Å²) in [6, 6.07) is 7.00. The average molecular weight is 220 g/mol. The van der Waals surface area contributed by atoms with Gasteiger partial charge in [-0.1, -0.05) is 13.0 Å². The van der Waals surface area contributed by atoms with Crippen molar-refractivity contribution in [1.82, 2.24) is 0 Å². The van der Waals surface area contributed by atoms with Crippen LogP contribution in [0.15, 0.2) is 36.4 Å². The number of carbonyl (C=O) groups is 1. The van der Waals surface area contributed by atoms with Crippen molar-refractivity contribution in [2.45, 2.75) is 20.3 Å². The zero-order valence-corrected chi connectivity index (χ0v) is 9.60. The zero-order valence-electron chi connectivity index (χ0n) is 9.60. The fourth-order valence-corrected chi connectivity index (χ4v) is 1.11. The minimum Gasteiger partial charge on any atom is -0.494 e. The van der Waals surface area contributed by atoms with Crippen LogP contribution >= 0.6 is 0 Å². The SMILES string of the molecule is C/C=C\C(=O)Oc1ccc(OCCC)cc1. The monoisotopic (exact) mass is 220 g/mol. The van der Waals surface area contributed by atoms with Gasteiger partial charge in [0.1, 0.15) is 11.5 Å². The van der Waals surface area contributed by atoms with Crippen LogP contribution in [0.5, 0.6) is 11.5 Å². The van der Waals surface area contributed by atoms with Crippen molar-refractivity contribution < 1.29 is 14.3 Å². The highest BCUT2D eigenvalue weighted by Gasteiger charge is 2.00. The lowest BCUT2D eigenvalue weighted by Crippen LogP contribution is -2.03. The molecule has 86 valence electrons. The summed E-state index contributed by atoms with van der Waals surface area (Å²) in [4.78, 5) is 11.1. The van der Waals surface area contributed by atoms with Crippen LogP contribution in [0.1, 0.15) is 20.3 Å². The summed E-state index contributed by atoms with van der Waals surface area (Å²) in [6.45, 7) is 4.51. The van der Waals surface area contributed by atoms with Crippen molar-refractivity contribution >= 4 is 5.97 Å². The highest BCUT2D eigenvalue weighted by atomic mass is 16.5. The van der Waals surface area contributed by atoms with Crippen molar-refractivity contribution in [3.05, 3.63) is 36.4 Å². The molecule has 0 fully saturated rings. The fourth-order valence-electron chi connectivity index (χ4n) is 1.11. The lowest BCUT2D eigenvalue weighted by atomic mass is 10.3. The molecule has 0 aliphatic carbocycles. The van der Waals surface area contributed by atoms with Gasteiger partial charge < -0.3 is 9.47 Å². The Balaban J connectivity index is 2.54. The third-order valence-electron chi connectivity index (χ3n) is 1.82. The van der Waals surface area contributed by atoms with E-state index in [4.69, 9.17) is 9.47 Å². The molecule has 0 aliphatic rings. The average Bonchev–Trinajstić information content (AvgIpc) is 2.28. The number of esters is 1. The molecule has 1 aromatic rings. The minimum atomic E-state index is -0.371. The molecule has 16 heavy (non-hydrogen) atoms. The molecular weight excluding hydrogens is 204 g/mol. The fraction of sp³-hybridized carbons (Fsp3) is 0.308. The van der Waals surface area contributed by atoms with Crippen LogP contribution < -0.4 is 9.47 Å². The maximum absolute atomic E-state index is 11.1. The summed E-state index contributed by atoms with van der Waals surface area (Å²) in [5.41, 5.74) is 0. The highest BCUT2D eigenvalue weighted by Crippen LogP contribution is 2.17. The van der Waals surface area contributed by atoms with Gasteiger partial charge in [-0.05, 0) is 37.6 Å². The second kappa shape index (κ2) is 6.67. The summed E-state index contributed by atoms with van der Waals surface area (Å²) in [5.74, 6) is 0.935. The third-order valence-corrected chi connectivity index (χ3v) is 1.82. The van der Waals surface area contributed by atoms with Crippen molar-refractivity contribution in [1.29, 1.82) is 0 Å². The quantitative estimate of drug-likeness (QED) is 0.435. The molecule has 0 heterocycles. The van der Waals surface area contributed by atoms with E-state index in [-0.39, 0.29) is 5.97 Å². The van der Waals surface area contributed by atoms with E-state index in [0.29, 0.717) is 12.4 Å². The first-order chi connectivity index (χ1) is 7.76. The largest absolute Gasteiger partial charge is 0.494 e. The lowest BCUT2D eigenvalue weighted by Gasteiger charge is -2.05.